The molecule has 0 fully saturated rings. The minimum atomic E-state index is -0.244. The topological polar surface area (TPSA) is 126 Å². The average Bonchev–Trinajstić information content (AvgIpc) is 2.72. The van der Waals surface area contributed by atoms with E-state index in [-0.39, 0.29) is 17.5 Å². The summed E-state index contributed by atoms with van der Waals surface area (Å²) < 4.78 is 0. The van der Waals surface area contributed by atoms with Gasteiger partial charge in [-0.2, -0.15) is 0 Å². The van der Waals surface area contributed by atoms with Gasteiger partial charge < -0.3 is 25.5 Å². The predicted octanol–water partition coefficient (Wildman–Crippen LogP) is -1.25. The molecule has 154 valence electrons. The van der Waals surface area contributed by atoms with E-state index >= 15 is 0 Å². The van der Waals surface area contributed by atoms with E-state index in [1.165, 1.54) is 12.4 Å². The fourth-order valence-electron chi connectivity index (χ4n) is 3.16. The van der Waals surface area contributed by atoms with E-state index in [0.717, 1.165) is 6.54 Å². The van der Waals surface area contributed by atoms with Gasteiger partial charge >= 0.3 is 0 Å². The molecule has 0 unspecified atom stereocenters. The van der Waals surface area contributed by atoms with Gasteiger partial charge in [-0.15, -0.1) is 0 Å². The molecule has 9 heteroatoms. The molecule has 0 aliphatic heterocycles. The van der Waals surface area contributed by atoms with E-state index in [4.69, 9.17) is 5.11 Å². The Labute approximate surface area is 166 Å². The Bertz CT molecular complexity index is 1230. The fraction of sp³-hybridized carbons (Fsp3) is 0.400. The van der Waals surface area contributed by atoms with Gasteiger partial charge in [0.05, 0.1) is 52.0 Å². The van der Waals surface area contributed by atoms with Crippen molar-refractivity contribution in [1.82, 2.24) is 20.4 Å². The zero-order chi connectivity index (χ0) is 20.8. The van der Waals surface area contributed by atoms with Crippen molar-refractivity contribution in [3.63, 3.8) is 0 Å². The minimum Gasteiger partial charge on any atom is -0.395 e. The smallest absolute Gasteiger partial charge is 0.198 e. The molecule has 1 heterocycles. The molecule has 0 aliphatic rings. The van der Waals surface area contributed by atoms with Gasteiger partial charge in [-0.1, -0.05) is 0 Å². The number of nitrogens with one attached hydrogen (secondary N) is 3. The third-order valence-corrected chi connectivity index (χ3v) is 4.60. The molecule has 2 aromatic carbocycles. The fourth-order valence-corrected chi connectivity index (χ4v) is 3.16. The lowest BCUT2D eigenvalue weighted by atomic mass is 10.0. The summed E-state index contributed by atoms with van der Waals surface area (Å²) in [5, 5.41) is 19.7. The highest BCUT2D eigenvalue weighted by Crippen LogP contribution is 2.05. The Morgan fingerprint density at radius 1 is 0.931 bits per heavy atom. The van der Waals surface area contributed by atoms with E-state index in [1.54, 1.807) is 12.1 Å². The van der Waals surface area contributed by atoms with Crippen molar-refractivity contribution in [3.8, 4) is 0 Å². The number of aromatic nitrogens is 2. The van der Waals surface area contributed by atoms with Crippen LogP contribution in [0.15, 0.2) is 44.1 Å². The lowest BCUT2D eigenvalue weighted by Gasteiger charge is -2.06. The maximum Gasteiger partial charge on any atom is 0.198 e. The molecule has 3 aromatic rings. The predicted molar refractivity (Wildman–Crippen MR) is 113 cm³/mol. The number of hydrogen-bond donors (Lipinski definition) is 4. The maximum absolute atomic E-state index is 13.2. The minimum absolute atomic E-state index is 0.0514. The highest BCUT2D eigenvalue weighted by atomic mass is 16.3. The van der Waals surface area contributed by atoms with Gasteiger partial charge in [-0.05, 0) is 26.2 Å². The summed E-state index contributed by atoms with van der Waals surface area (Å²) in [6.45, 7) is 2.77. The van der Waals surface area contributed by atoms with Gasteiger partial charge in [0.25, 0.3) is 0 Å². The van der Waals surface area contributed by atoms with Crippen LogP contribution in [0.2, 0.25) is 0 Å². The first-order chi connectivity index (χ1) is 14.0. The van der Waals surface area contributed by atoms with Crippen LogP contribution in [0.1, 0.15) is 0 Å². The van der Waals surface area contributed by atoms with Gasteiger partial charge in [-0.25, -0.2) is 0 Å². The first-order valence-corrected chi connectivity index (χ1v) is 9.54. The molecular weight excluding hydrogens is 372 g/mol. The number of aliphatic hydroxyl groups is 1. The van der Waals surface area contributed by atoms with Gasteiger partial charge in [0.1, 0.15) is 0 Å². The van der Waals surface area contributed by atoms with Crippen LogP contribution in [0.3, 0.4) is 0 Å². The van der Waals surface area contributed by atoms with Crippen LogP contribution in [0, 0.1) is 0 Å². The summed E-state index contributed by atoms with van der Waals surface area (Å²) in [7, 11) is 3.91. The first-order valence-electron chi connectivity index (χ1n) is 9.54. The van der Waals surface area contributed by atoms with Crippen LogP contribution in [0.4, 0.5) is 0 Å². The van der Waals surface area contributed by atoms with Gasteiger partial charge in [0, 0.05) is 32.0 Å². The number of hydrogen-bond acceptors (Lipinski definition) is 7. The molecule has 3 rings (SSSR count). The van der Waals surface area contributed by atoms with E-state index in [1.807, 2.05) is 19.0 Å². The van der Waals surface area contributed by atoms with E-state index in [0.29, 0.717) is 58.4 Å². The summed E-state index contributed by atoms with van der Waals surface area (Å²) in [6, 6.07) is 3.50. The van der Waals surface area contributed by atoms with Gasteiger partial charge in [0.15, 0.2) is 10.9 Å². The van der Waals surface area contributed by atoms with Crippen molar-refractivity contribution in [2.75, 3.05) is 53.4 Å². The molecule has 0 spiro atoms. The number of benzene rings is 2. The number of aromatic amines is 2. The summed E-state index contributed by atoms with van der Waals surface area (Å²) >= 11 is 0. The third kappa shape index (κ3) is 4.58. The zero-order valence-corrected chi connectivity index (χ0v) is 16.7. The number of likely N-dealkylation sites (N-methyl/N-ethyl adjacent to an activating group) is 1. The van der Waals surface area contributed by atoms with E-state index in [2.05, 4.69) is 25.5 Å². The largest absolute Gasteiger partial charge is 0.395 e. The molecule has 0 bridgehead atoms. The Balaban J connectivity index is 2.25. The lowest BCUT2D eigenvalue weighted by molar-refractivity contribution is 0.293. The van der Waals surface area contributed by atoms with Crippen molar-refractivity contribution in [1.29, 1.82) is 0 Å². The Morgan fingerprint density at radius 2 is 1.48 bits per heavy atom. The van der Waals surface area contributed by atoms with E-state index < -0.39 is 0 Å². The number of fused-ring (bicyclic) bond motifs is 2. The quantitative estimate of drug-likeness (QED) is 0.279. The van der Waals surface area contributed by atoms with Crippen molar-refractivity contribution >= 4 is 21.5 Å². The summed E-state index contributed by atoms with van der Waals surface area (Å²) in [5.41, 5.74) is -0.481. The van der Waals surface area contributed by atoms with Gasteiger partial charge in [0.2, 0.25) is 0 Å². The number of H-pyrrole nitrogens is 2. The van der Waals surface area contributed by atoms with Crippen LogP contribution >= 0.6 is 0 Å². The maximum atomic E-state index is 13.2. The molecular formula is C20H26N6O3. The molecule has 0 saturated heterocycles. The molecule has 0 atom stereocenters. The van der Waals surface area contributed by atoms with Crippen molar-refractivity contribution < 1.29 is 5.11 Å². The monoisotopic (exact) mass is 398 g/mol. The second-order valence-corrected chi connectivity index (χ2v) is 6.96. The second kappa shape index (κ2) is 9.55. The van der Waals surface area contributed by atoms with Crippen LogP contribution in [-0.2, 0) is 0 Å². The number of nitrogens with zero attached hydrogens (tertiary/aromatic N) is 3. The van der Waals surface area contributed by atoms with E-state index in [9.17, 15) is 9.59 Å². The zero-order valence-electron chi connectivity index (χ0n) is 16.7. The van der Waals surface area contributed by atoms with Crippen LogP contribution in [-0.4, -0.2) is 73.6 Å². The standard InChI is InChI=1S/C20H26N6O3/c1-26(2)9-7-23-16-4-3-15(22-6-5-21-8-10-27)17-18(16)20(29)14-12-25-24-11-13(14)19(17)28/h3-4,11-12,21,24-25,27H,5-10H2,1-2H3. The summed E-state index contributed by atoms with van der Waals surface area (Å²) in [6.07, 6.45) is 3.01. The molecule has 0 radical (unpaired) electrons. The average molecular weight is 398 g/mol. The third-order valence-electron chi connectivity index (χ3n) is 4.60. The number of aliphatic hydroxyl groups excluding tert-OH is 1. The molecule has 0 aliphatic carbocycles. The summed E-state index contributed by atoms with van der Waals surface area (Å²) in [4.78, 5) is 37.5. The summed E-state index contributed by atoms with van der Waals surface area (Å²) in [5.74, 6) is 0. The van der Waals surface area contributed by atoms with Crippen molar-refractivity contribution in [2.45, 2.75) is 0 Å². The van der Waals surface area contributed by atoms with Crippen LogP contribution in [0.25, 0.3) is 21.5 Å². The van der Waals surface area contributed by atoms with Crippen molar-refractivity contribution in [2.24, 2.45) is 9.98 Å². The number of rotatable bonds is 8. The Kier molecular flexibility index (Phi) is 6.86. The molecule has 4 N–H and O–H groups in total. The highest BCUT2D eigenvalue weighted by Gasteiger charge is 2.13. The molecule has 0 saturated carbocycles. The van der Waals surface area contributed by atoms with Crippen LogP contribution < -0.4 is 26.9 Å². The molecule has 29 heavy (non-hydrogen) atoms. The van der Waals surface area contributed by atoms with Crippen molar-refractivity contribution in [3.05, 3.63) is 55.7 Å². The molecule has 1 aromatic heterocycles. The first kappa shape index (κ1) is 20.8. The normalized spacial score (nSPS) is 13.2. The Morgan fingerprint density at radius 3 is 2.00 bits per heavy atom. The van der Waals surface area contributed by atoms with Crippen LogP contribution in [0.5, 0.6) is 0 Å². The lowest BCUT2D eigenvalue weighted by Crippen LogP contribution is -2.28. The van der Waals surface area contributed by atoms with Gasteiger partial charge in [-0.3, -0.25) is 19.6 Å². The molecule has 9 nitrogen and oxygen atoms in total. The highest BCUT2D eigenvalue weighted by molar-refractivity contribution is 5.96. The second-order valence-electron chi connectivity index (χ2n) is 6.96. The molecule has 0 amide bonds. The SMILES string of the molecule is CN(C)CCN=c1ccc(=NCCNCCO)c2c(=O)c3c[nH][nH]cc3c(=O)c12. The Hall–Kier alpha value is -2.88.